The summed E-state index contributed by atoms with van der Waals surface area (Å²) < 4.78 is 38.9. The molecular weight excluding hydrogens is 886 g/mol. The molecule has 1 fully saturated rings. The van der Waals surface area contributed by atoms with Gasteiger partial charge in [-0.1, -0.05) is 89.2 Å². The minimum atomic E-state index is -2.79. The van der Waals surface area contributed by atoms with Crippen molar-refractivity contribution in [3.63, 3.8) is 0 Å². The minimum Gasteiger partial charge on any atom is -0.497 e. The van der Waals surface area contributed by atoms with Crippen molar-refractivity contribution in [3.8, 4) is 17.6 Å². The van der Waals surface area contributed by atoms with Crippen molar-refractivity contribution < 1.29 is 33.1 Å². The number of carbonyl (C=O) groups excluding carboxylic acids is 1. The molecule has 5 aromatic rings. The van der Waals surface area contributed by atoms with E-state index in [9.17, 15) is 20.0 Å². The van der Waals surface area contributed by atoms with Crippen LogP contribution < -0.4 is 20.3 Å². The summed E-state index contributed by atoms with van der Waals surface area (Å²) >= 11 is 0. The van der Waals surface area contributed by atoms with E-state index in [1.54, 1.807) is 32.6 Å². The van der Waals surface area contributed by atoms with Crippen molar-refractivity contribution in [2.45, 2.75) is 128 Å². The minimum absolute atomic E-state index is 0.0154. The number of nitriles is 1. The topological polar surface area (TPSA) is 186 Å². The molecule has 360 valence electrons. The van der Waals surface area contributed by atoms with Gasteiger partial charge in [-0.3, -0.25) is 29.1 Å². The lowest BCUT2D eigenvalue weighted by molar-refractivity contribution is -0.170. The van der Waals surface area contributed by atoms with Gasteiger partial charge in [0.2, 0.25) is 11.9 Å². The molecule has 3 N–H and O–H groups in total. The number of anilines is 1. The fraction of sp³-hybridized carbons (Fsp3) is 0.500. The molecule has 1 aliphatic heterocycles. The highest BCUT2D eigenvalue weighted by Gasteiger charge is 2.71. The Morgan fingerprint density at radius 2 is 1.51 bits per heavy atom. The highest BCUT2D eigenvalue weighted by molar-refractivity contribution is 7.50. The monoisotopic (exact) mass is 953 g/mol. The van der Waals surface area contributed by atoms with Gasteiger partial charge in [-0.05, 0) is 86.8 Å². The Balaban J connectivity index is 1.92. The Bertz CT molecular complexity index is 2500. The van der Waals surface area contributed by atoms with Crippen molar-refractivity contribution in [2.75, 3.05) is 32.3 Å². The number of rotatable bonds is 19. The number of hydrogen-bond acceptors (Lipinski definition) is 12. The van der Waals surface area contributed by atoms with E-state index in [0.29, 0.717) is 28.8 Å². The lowest BCUT2D eigenvalue weighted by Crippen LogP contribution is -2.63. The van der Waals surface area contributed by atoms with Crippen LogP contribution in [0.4, 0.5) is 5.95 Å². The summed E-state index contributed by atoms with van der Waals surface area (Å²) in [6.45, 7) is 22.2. The first-order valence-electron chi connectivity index (χ1n) is 22.9. The normalized spacial score (nSPS) is 19.6. The van der Waals surface area contributed by atoms with Crippen LogP contribution in [0.25, 0.3) is 11.2 Å². The van der Waals surface area contributed by atoms with Crippen molar-refractivity contribution in [2.24, 2.45) is 5.92 Å². The third kappa shape index (κ3) is 9.70. The molecule has 1 amide bonds. The number of aromatic nitrogens is 4. The van der Waals surface area contributed by atoms with Crippen molar-refractivity contribution in [1.82, 2.24) is 24.2 Å². The number of fused-ring (bicyclic) bond motifs is 1. The highest BCUT2D eigenvalue weighted by atomic mass is 31.2. The van der Waals surface area contributed by atoms with E-state index in [0.717, 1.165) is 5.56 Å². The van der Waals surface area contributed by atoms with Gasteiger partial charge in [-0.25, -0.2) is 4.98 Å². The van der Waals surface area contributed by atoms with Crippen LogP contribution in [0.2, 0.25) is 18.1 Å². The first-order chi connectivity index (χ1) is 31.7. The van der Waals surface area contributed by atoms with Crippen molar-refractivity contribution in [1.29, 1.82) is 5.26 Å². The third-order valence-corrected chi connectivity index (χ3v) is 20.1. The third-order valence-electron chi connectivity index (χ3n) is 13.1. The molecule has 17 heteroatoms. The second-order valence-electron chi connectivity index (χ2n) is 19.4. The van der Waals surface area contributed by atoms with E-state index in [2.05, 4.69) is 82.6 Å². The second-order valence-corrected chi connectivity index (χ2v) is 26.0. The largest absolute Gasteiger partial charge is 0.497 e. The van der Waals surface area contributed by atoms with Crippen LogP contribution in [-0.2, 0) is 29.6 Å². The van der Waals surface area contributed by atoms with Crippen LogP contribution in [0.5, 0.6) is 11.5 Å². The van der Waals surface area contributed by atoms with Crippen molar-refractivity contribution in [3.05, 3.63) is 112 Å². The molecule has 3 aromatic carbocycles. The Morgan fingerprint density at radius 3 is 1.99 bits per heavy atom. The molecule has 67 heavy (non-hydrogen) atoms. The van der Waals surface area contributed by atoms with Crippen LogP contribution >= 0.6 is 8.30 Å². The number of carbonyl (C=O) groups is 1. The lowest BCUT2D eigenvalue weighted by Gasteiger charge is -2.53. The number of imidazole rings is 1. The fourth-order valence-electron chi connectivity index (χ4n) is 8.96. The summed E-state index contributed by atoms with van der Waals surface area (Å²) in [5, 5.41) is 24.5. The van der Waals surface area contributed by atoms with Crippen LogP contribution in [0.3, 0.4) is 0 Å². The van der Waals surface area contributed by atoms with E-state index < -0.39 is 64.2 Å². The Hall–Kier alpha value is -4.98. The number of aromatic amines is 1. The quantitative estimate of drug-likeness (QED) is 0.0406. The molecule has 3 heterocycles. The molecule has 0 radical (unpaired) electrons. The summed E-state index contributed by atoms with van der Waals surface area (Å²) in [6.07, 6.45) is -1.05. The summed E-state index contributed by atoms with van der Waals surface area (Å²) in [7, 11) is -1.23. The zero-order chi connectivity index (χ0) is 49.1. The van der Waals surface area contributed by atoms with E-state index >= 15 is 0 Å². The van der Waals surface area contributed by atoms with Crippen LogP contribution in [0, 0.1) is 17.2 Å². The number of ether oxygens (including phenoxy) is 3. The van der Waals surface area contributed by atoms with E-state index in [-0.39, 0.29) is 46.6 Å². The van der Waals surface area contributed by atoms with Gasteiger partial charge >= 0.3 is 0 Å². The Morgan fingerprint density at radius 1 is 0.955 bits per heavy atom. The molecule has 2 aromatic heterocycles. The summed E-state index contributed by atoms with van der Waals surface area (Å²) in [6, 6.07) is 27.7. The molecule has 6 rings (SSSR count). The Labute approximate surface area is 397 Å². The zero-order valence-corrected chi connectivity index (χ0v) is 43.1. The number of hydrogen-bond donors (Lipinski definition) is 3. The van der Waals surface area contributed by atoms with Gasteiger partial charge in [0.15, 0.2) is 25.2 Å². The van der Waals surface area contributed by atoms with Gasteiger partial charge in [-0.15, -0.1) is 0 Å². The smallest absolute Gasteiger partial charge is 0.280 e. The van der Waals surface area contributed by atoms with Crippen LogP contribution in [-0.4, -0.2) is 101 Å². The number of methoxy groups -OCH3 is 2. The number of amides is 1. The lowest BCUT2D eigenvalue weighted by atomic mass is 9.60. The highest BCUT2D eigenvalue weighted by Crippen LogP contribution is 2.62. The van der Waals surface area contributed by atoms with Gasteiger partial charge in [0.1, 0.15) is 38.1 Å². The molecule has 15 nitrogen and oxygen atoms in total. The molecule has 0 saturated carbocycles. The van der Waals surface area contributed by atoms with Crippen molar-refractivity contribution >= 4 is 39.6 Å². The molecule has 1 aliphatic rings. The average Bonchev–Trinajstić information content (AvgIpc) is 3.85. The molecule has 0 aliphatic carbocycles. The van der Waals surface area contributed by atoms with Gasteiger partial charge in [0.05, 0.1) is 38.6 Å². The maximum Gasteiger partial charge on any atom is 0.280 e. The van der Waals surface area contributed by atoms with E-state index in [4.69, 9.17) is 33.1 Å². The van der Waals surface area contributed by atoms with Crippen LogP contribution in [0.1, 0.15) is 85.4 Å². The predicted molar refractivity (Wildman–Crippen MR) is 265 cm³/mol. The summed E-state index contributed by atoms with van der Waals surface area (Å²) in [4.78, 5) is 40.0. The molecule has 5 atom stereocenters. The molecule has 0 bridgehead atoms. The standard InChI is InChI=1S/C50H68N7O8PSi/c1-32(2)45(59)54-47-53-44-41(46(60)55-47)52-31-56(44)50(49(35-18-15-14-16-19-35,36-20-24-38(61-10)25-21-36)37-22-26-39(62-11)27-23-37)43(64-66(29-17-28-51)57(33(3)4)34(5)6)42(40(30-58)63-50)65-67(12,13)48(7,8)9/h14-16,18-27,31-34,40,42-43,58H,17,29-30H2,1-13H3,(H2,53,54,55,59,60)/t40-,42-,43-,50+,66?/m1/s1. The maximum atomic E-state index is 14.3. The van der Waals surface area contributed by atoms with Gasteiger partial charge < -0.3 is 28.3 Å². The summed E-state index contributed by atoms with van der Waals surface area (Å²) in [5.41, 5.74) is -1.79. The first kappa shape index (κ1) is 51.4. The second kappa shape index (κ2) is 20.7. The molecular formula is C50H68N7O8PSi. The van der Waals surface area contributed by atoms with E-state index in [1.165, 1.54) is 6.33 Å². The SMILES string of the molecule is COc1ccc(C(c2ccccc2)(c2ccc(OC)cc2)[C@@]2(n3cnc4c(=O)[nH]c(NC(=O)C(C)C)nc43)O[C@H](CO)[C@@H](O[Si](C)(C)C(C)(C)C)[C@H]2OP(CCC#N)N(C(C)C)C(C)C)cc1. The van der Waals surface area contributed by atoms with Gasteiger partial charge in [-0.2, -0.15) is 10.2 Å². The van der Waals surface area contributed by atoms with Crippen LogP contribution in [0.15, 0.2) is 90.0 Å². The first-order valence-corrected chi connectivity index (χ1v) is 27.2. The Kier molecular flexibility index (Phi) is 15.9. The van der Waals surface area contributed by atoms with Gasteiger partial charge in [0.25, 0.3) is 5.56 Å². The number of benzene rings is 3. The molecule has 1 unspecified atom stereocenters. The fourth-order valence-corrected chi connectivity index (χ4v) is 12.6. The molecule has 0 spiro atoms. The number of aliphatic hydroxyl groups is 1. The molecule has 1 saturated heterocycles. The number of nitrogens with zero attached hydrogens (tertiary/aromatic N) is 5. The maximum absolute atomic E-state index is 14.3. The summed E-state index contributed by atoms with van der Waals surface area (Å²) in [5.74, 6) is 0.347. The number of nitrogens with one attached hydrogen (secondary N) is 2. The average molecular weight is 954 g/mol. The van der Waals surface area contributed by atoms with Gasteiger partial charge in [0, 0.05) is 30.6 Å². The van der Waals surface area contributed by atoms with E-state index in [1.807, 2.05) is 78.9 Å². The zero-order valence-electron chi connectivity index (χ0n) is 41.2. The number of aliphatic hydroxyl groups excluding tert-OH is 1. The number of H-pyrrole nitrogens is 1. The predicted octanol–water partition coefficient (Wildman–Crippen LogP) is 8.93.